The molecule has 0 saturated heterocycles. The van der Waals surface area contributed by atoms with E-state index in [0.29, 0.717) is 0 Å². The Morgan fingerprint density at radius 3 is 2.06 bits per heavy atom. The number of unbranched alkanes of at least 4 members (excludes halogenated alkanes) is 2. The molecule has 0 spiro atoms. The molecule has 0 aliphatic rings. The van der Waals surface area contributed by atoms with E-state index in [4.69, 9.17) is 8.85 Å². The van der Waals surface area contributed by atoms with Gasteiger partial charge < -0.3 is 0 Å². The summed E-state index contributed by atoms with van der Waals surface area (Å²) in [5.41, 5.74) is 0.194. The van der Waals surface area contributed by atoms with Gasteiger partial charge in [0, 0.05) is 0 Å². The van der Waals surface area contributed by atoms with Gasteiger partial charge in [0.1, 0.15) is 0 Å². The van der Waals surface area contributed by atoms with Crippen LogP contribution in [0.5, 0.6) is 0 Å². The standard InChI is InChI=1S/C11H27O2Si2.Li/c1-6-7-8-9-11(2,3)10(12-14-4)13-15-5;/h10H,1,6-9,14-15H2,2-5H3;. The van der Waals surface area contributed by atoms with Crippen molar-refractivity contribution in [2.24, 2.45) is 5.41 Å². The van der Waals surface area contributed by atoms with Crippen LogP contribution < -0.4 is 0 Å². The van der Waals surface area contributed by atoms with Crippen molar-refractivity contribution in [2.45, 2.75) is 64.0 Å². The molecule has 0 bridgehead atoms. The fraction of sp³-hybridized carbons (Fsp3) is 1.00. The molecular weight excluding hydrogens is 227 g/mol. The van der Waals surface area contributed by atoms with Gasteiger partial charge in [-0.15, -0.1) is 0 Å². The van der Waals surface area contributed by atoms with Crippen LogP contribution >= 0.6 is 0 Å². The third kappa shape index (κ3) is 7.31. The minimum absolute atomic E-state index is 0.0717. The van der Waals surface area contributed by atoms with E-state index in [2.05, 4.69) is 44.7 Å². The van der Waals surface area contributed by atoms with Crippen LogP contribution in [-0.4, -0.2) is 43.5 Å². The maximum absolute atomic E-state index is 5.86. The monoisotopic (exact) mass is 254 g/mol. The van der Waals surface area contributed by atoms with Crippen molar-refractivity contribution in [3.8, 4) is 0 Å². The first-order chi connectivity index (χ1) is 7.58. The second kappa shape index (κ2) is 9.93. The van der Waals surface area contributed by atoms with Crippen LogP contribution in [0.15, 0.2) is 0 Å². The van der Waals surface area contributed by atoms with Crippen molar-refractivity contribution in [2.75, 3.05) is 0 Å². The predicted octanol–water partition coefficient (Wildman–Crippen LogP) is 1.78. The van der Waals surface area contributed by atoms with E-state index in [1.54, 1.807) is 0 Å². The maximum atomic E-state index is 5.86. The summed E-state index contributed by atoms with van der Waals surface area (Å²) in [6.45, 7) is 8.94. The zero-order chi connectivity index (χ0) is 12.4. The minimum atomic E-state index is -0.369. The van der Waals surface area contributed by atoms with Crippen LogP contribution in [0.1, 0.15) is 39.5 Å². The van der Waals surface area contributed by atoms with Crippen LogP contribution in [0.25, 0.3) is 0 Å². The summed E-state index contributed by atoms with van der Waals surface area (Å²) in [6.07, 6.45) is 5.30. The summed E-state index contributed by atoms with van der Waals surface area (Å²) in [5.74, 6) is 0. The molecule has 92 valence electrons. The van der Waals surface area contributed by atoms with Crippen LogP contribution in [-0.2, 0) is 8.85 Å². The molecule has 0 heterocycles. The summed E-state index contributed by atoms with van der Waals surface area (Å²) in [7, 11) is -0.738. The van der Waals surface area contributed by atoms with Crippen molar-refractivity contribution < 1.29 is 8.85 Å². The third-order valence-corrected chi connectivity index (χ3v) is 4.22. The van der Waals surface area contributed by atoms with E-state index in [-0.39, 0.29) is 31.2 Å². The van der Waals surface area contributed by atoms with Crippen LogP contribution in [0.4, 0.5) is 0 Å². The van der Waals surface area contributed by atoms with Crippen molar-refractivity contribution >= 4 is 37.2 Å². The van der Waals surface area contributed by atoms with E-state index in [1.807, 2.05) is 0 Å². The number of hydrogen-bond donors (Lipinski definition) is 0. The topological polar surface area (TPSA) is 18.5 Å². The fourth-order valence-corrected chi connectivity index (χ4v) is 3.82. The molecule has 0 rings (SSSR count). The van der Waals surface area contributed by atoms with Gasteiger partial charge in [-0.1, -0.05) is 0 Å². The summed E-state index contributed by atoms with van der Waals surface area (Å²) in [5, 5.41) is 1.31. The molecule has 0 fully saturated rings. The first-order valence-electron chi connectivity index (χ1n) is 6.81. The van der Waals surface area contributed by atoms with Gasteiger partial charge in [0.15, 0.2) is 0 Å². The fourth-order valence-electron chi connectivity index (χ4n) is 1.93. The van der Waals surface area contributed by atoms with E-state index in [9.17, 15) is 0 Å². The van der Waals surface area contributed by atoms with Crippen LogP contribution in [0.3, 0.4) is 0 Å². The zero-order valence-corrected chi connectivity index (χ0v) is 14.7. The predicted molar refractivity (Wildman–Crippen MR) is 77.6 cm³/mol. The Bertz CT molecular complexity index is 162. The van der Waals surface area contributed by atoms with Gasteiger partial charge in [-0.3, -0.25) is 0 Å². The molecule has 0 aliphatic heterocycles. The van der Waals surface area contributed by atoms with E-state index in [1.165, 1.54) is 30.8 Å². The Labute approximate surface area is 115 Å². The molecule has 0 amide bonds. The SMILES string of the molecule is [Li][CH2]CCCCC(C)(C)C(O[SiH2]C)O[SiH2]C. The Balaban J connectivity index is 4.01. The summed E-state index contributed by atoms with van der Waals surface area (Å²) in [4.78, 5) is 0. The van der Waals surface area contributed by atoms with Gasteiger partial charge in [-0.05, 0) is 0 Å². The molecule has 0 radical (unpaired) electrons. The molecule has 0 N–H and O–H groups in total. The molecule has 0 atom stereocenters. The number of rotatable bonds is 10. The Morgan fingerprint density at radius 1 is 1.06 bits per heavy atom. The summed E-state index contributed by atoms with van der Waals surface area (Å²) in [6, 6.07) is 0. The molecule has 5 heteroatoms. The molecule has 0 aromatic heterocycles. The third-order valence-electron chi connectivity index (χ3n) is 2.95. The van der Waals surface area contributed by atoms with Gasteiger partial charge in [-0.2, -0.15) is 0 Å². The van der Waals surface area contributed by atoms with E-state index >= 15 is 0 Å². The quantitative estimate of drug-likeness (QED) is 0.336. The van der Waals surface area contributed by atoms with Crippen molar-refractivity contribution in [1.82, 2.24) is 0 Å². The first kappa shape index (κ1) is 17.0. The molecule has 2 nitrogen and oxygen atoms in total. The van der Waals surface area contributed by atoms with E-state index in [0.717, 1.165) is 0 Å². The second-order valence-electron chi connectivity index (χ2n) is 5.04. The molecule has 0 aromatic rings. The Hall–Kier alpha value is 0.951. The van der Waals surface area contributed by atoms with Crippen molar-refractivity contribution in [3.63, 3.8) is 0 Å². The van der Waals surface area contributed by atoms with Crippen molar-refractivity contribution in [3.05, 3.63) is 0 Å². The average Bonchev–Trinajstić information content (AvgIpc) is 2.24. The molecule has 0 unspecified atom stereocenters. The van der Waals surface area contributed by atoms with E-state index < -0.39 is 0 Å². The van der Waals surface area contributed by atoms with Gasteiger partial charge in [-0.25, -0.2) is 0 Å². The van der Waals surface area contributed by atoms with Gasteiger partial charge in [0.25, 0.3) is 0 Å². The van der Waals surface area contributed by atoms with Gasteiger partial charge in [0.2, 0.25) is 0 Å². The summed E-state index contributed by atoms with van der Waals surface area (Å²) >= 11 is 2.26. The van der Waals surface area contributed by atoms with Gasteiger partial charge >= 0.3 is 116 Å². The van der Waals surface area contributed by atoms with Gasteiger partial charge in [0.05, 0.1) is 0 Å². The molecule has 0 aromatic carbocycles. The molecule has 0 aliphatic carbocycles. The first-order valence-corrected chi connectivity index (χ1v) is 10.8. The molecule has 0 saturated carbocycles. The second-order valence-corrected chi connectivity index (χ2v) is 6.86. The Kier molecular flexibility index (Phi) is 10.5. The molecule has 16 heavy (non-hydrogen) atoms. The normalized spacial score (nSPS) is 15.6. The average molecular weight is 254 g/mol. The summed E-state index contributed by atoms with van der Waals surface area (Å²) < 4.78 is 11.7. The van der Waals surface area contributed by atoms with Crippen LogP contribution in [0.2, 0.25) is 18.2 Å². The van der Waals surface area contributed by atoms with Crippen molar-refractivity contribution in [1.29, 1.82) is 0 Å². The number of hydrogen-bond acceptors (Lipinski definition) is 2. The van der Waals surface area contributed by atoms with Crippen LogP contribution in [0, 0.1) is 5.41 Å². The molecular formula is C11H27LiO2Si2. The Morgan fingerprint density at radius 2 is 1.62 bits per heavy atom. The zero-order valence-electron chi connectivity index (χ0n) is 11.8.